The molecule has 0 amide bonds. The quantitative estimate of drug-likeness (QED) is 0.662. The fourth-order valence-electron chi connectivity index (χ4n) is 1.63. The van der Waals surface area contributed by atoms with Crippen LogP contribution in [0.2, 0.25) is 0 Å². The molecule has 1 aromatic heterocycles. The number of nitrogen functional groups attached to an aromatic ring is 1. The predicted octanol–water partition coefficient (Wildman–Crippen LogP) is 1.94. The number of hydrogen-bond acceptors (Lipinski definition) is 4. The zero-order valence-corrected chi connectivity index (χ0v) is 10.4. The zero-order chi connectivity index (χ0) is 13.1. The first-order valence-electron chi connectivity index (χ1n) is 5.71. The minimum atomic E-state index is -0.359. The van der Waals surface area contributed by atoms with E-state index in [1.165, 1.54) is 0 Å². The summed E-state index contributed by atoms with van der Waals surface area (Å²) in [6.45, 7) is 4.01. The number of nitrogens with two attached hydrogens (primary N) is 1. The number of aryl methyl sites for hydroxylation is 1. The Balaban J connectivity index is 2.41. The van der Waals surface area contributed by atoms with Crippen LogP contribution in [0, 0.1) is 6.92 Å². The third-order valence-corrected chi connectivity index (χ3v) is 2.51. The molecule has 0 aliphatic carbocycles. The number of carbonyl (C=O) groups excluding carboxylic acids is 1. The van der Waals surface area contributed by atoms with Crippen molar-refractivity contribution in [3.63, 3.8) is 0 Å². The van der Waals surface area contributed by atoms with E-state index in [1.54, 1.807) is 36.0 Å². The SMILES string of the molecule is CCOC(=O)c1ccc(N)c(-n2ccc(C)n2)c1. The molecule has 0 aliphatic rings. The molecule has 1 aromatic carbocycles. The van der Waals surface area contributed by atoms with Crippen molar-refractivity contribution >= 4 is 11.7 Å². The van der Waals surface area contributed by atoms with Gasteiger partial charge in [0.05, 0.1) is 29.2 Å². The summed E-state index contributed by atoms with van der Waals surface area (Å²) in [5.74, 6) is -0.359. The van der Waals surface area contributed by atoms with E-state index in [1.807, 2.05) is 13.0 Å². The summed E-state index contributed by atoms with van der Waals surface area (Å²) in [5.41, 5.74) is 8.48. The minimum Gasteiger partial charge on any atom is -0.462 e. The molecule has 2 aromatic rings. The topological polar surface area (TPSA) is 70.1 Å². The molecule has 0 spiro atoms. The highest BCUT2D eigenvalue weighted by molar-refractivity contribution is 5.91. The zero-order valence-electron chi connectivity index (χ0n) is 10.4. The summed E-state index contributed by atoms with van der Waals surface area (Å²) >= 11 is 0. The van der Waals surface area contributed by atoms with Gasteiger partial charge in [0.25, 0.3) is 0 Å². The third-order valence-electron chi connectivity index (χ3n) is 2.51. The summed E-state index contributed by atoms with van der Waals surface area (Å²) in [4.78, 5) is 11.7. The van der Waals surface area contributed by atoms with Crippen LogP contribution in [0.15, 0.2) is 30.5 Å². The summed E-state index contributed by atoms with van der Waals surface area (Å²) in [5, 5.41) is 4.27. The van der Waals surface area contributed by atoms with Crippen LogP contribution >= 0.6 is 0 Å². The van der Waals surface area contributed by atoms with Gasteiger partial charge in [0.2, 0.25) is 0 Å². The maximum Gasteiger partial charge on any atom is 0.338 e. The lowest BCUT2D eigenvalue weighted by Crippen LogP contribution is -2.07. The fraction of sp³-hybridized carbons (Fsp3) is 0.231. The van der Waals surface area contributed by atoms with E-state index in [4.69, 9.17) is 10.5 Å². The number of esters is 1. The third kappa shape index (κ3) is 2.34. The first kappa shape index (κ1) is 12.2. The average molecular weight is 245 g/mol. The van der Waals surface area contributed by atoms with Crippen molar-refractivity contribution in [2.75, 3.05) is 12.3 Å². The summed E-state index contributed by atoms with van der Waals surface area (Å²) in [6.07, 6.45) is 1.80. The number of carbonyl (C=O) groups is 1. The highest BCUT2D eigenvalue weighted by atomic mass is 16.5. The fourth-order valence-corrected chi connectivity index (χ4v) is 1.63. The first-order chi connectivity index (χ1) is 8.61. The Morgan fingerprint density at radius 2 is 2.22 bits per heavy atom. The molecule has 0 saturated heterocycles. The van der Waals surface area contributed by atoms with Crippen LogP contribution in [-0.4, -0.2) is 22.4 Å². The number of ether oxygens (including phenoxy) is 1. The molecule has 0 saturated carbocycles. The molecule has 0 radical (unpaired) electrons. The number of rotatable bonds is 3. The standard InChI is InChI=1S/C13H15N3O2/c1-3-18-13(17)10-4-5-11(14)12(8-10)16-7-6-9(2)15-16/h4-8H,3,14H2,1-2H3. The number of nitrogens with zero attached hydrogens (tertiary/aromatic N) is 2. The molecule has 2 N–H and O–H groups in total. The average Bonchev–Trinajstić information content (AvgIpc) is 2.76. The van der Waals surface area contributed by atoms with Crippen molar-refractivity contribution in [1.29, 1.82) is 0 Å². The van der Waals surface area contributed by atoms with Crippen LogP contribution < -0.4 is 5.73 Å². The second kappa shape index (κ2) is 4.91. The molecule has 0 fully saturated rings. The molecule has 0 unspecified atom stereocenters. The molecule has 18 heavy (non-hydrogen) atoms. The Hall–Kier alpha value is -2.30. The van der Waals surface area contributed by atoms with E-state index in [9.17, 15) is 4.79 Å². The Labute approximate surface area is 105 Å². The van der Waals surface area contributed by atoms with Crippen molar-refractivity contribution in [2.24, 2.45) is 0 Å². The van der Waals surface area contributed by atoms with Gasteiger partial charge in [-0.1, -0.05) is 0 Å². The highest BCUT2D eigenvalue weighted by Gasteiger charge is 2.10. The number of hydrogen-bond donors (Lipinski definition) is 1. The molecule has 2 rings (SSSR count). The molecular formula is C13H15N3O2. The summed E-state index contributed by atoms with van der Waals surface area (Å²) in [6, 6.07) is 6.88. The lowest BCUT2D eigenvalue weighted by Gasteiger charge is -2.08. The second-order valence-corrected chi connectivity index (χ2v) is 3.90. The van der Waals surface area contributed by atoms with E-state index in [-0.39, 0.29) is 5.97 Å². The van der Waals surface area contributed by atoms with Crippen LogP contribution in [0.1, 0.15) is 23.0 Å². The number of aromatic nitrogens is 2. The van der Waals surface area contributed by atoms with E-state index in [0.29, 0.717) is 23.5 Å². The van der Waals surface area contributed by atoms with Crippen LogP contribution in [-0.2, 0) is 4.74 Å². The normalized spacial score (nSPS) is 10.3. The van der Waals surface area contributed by atoms with Gasteiger partial charge < -0.3 is 10.5 Å². The second-order valence-electron chi connectivity index (χ2n) is 3.90. The van der Waals surface area contributed by atoms with Gasteiger partial charge in [0.15, 0.2) is 0 Å². The van der Waals surface area contributed by atoms with Gasteiger partial charge >= 0.3 is 5.97 Å². The van der Waals surface area contributed by atoms with Crippen LogP contribution in [0.25, 0.3) is 5.69 Å². The Bertz CT molecular complexity index is 575. The maximum absolute atomic E-state index is 11.7. The van der Waals surface area contributed by atoms with Crippen molar-refractivity contribution in [1.82, 2.24) is 9.78 Å². The monoisotopic (exact) mass is 245 g/mol. The van der Waals surface area contributed by atoms with Crippen LogP contribution in [0.5, 0.6) is 0 Å². The van der Waals surface area contributed by atoms with Gasteiger partial charge in [0, 0.05) is 6.20 Å². The molecule has 1 heterocycles. The van der Waals surface area contributed by atoms with Crippen molar-refractivity contribution in [2.45, 2.75) is 13.8 Å². The van der Waals surface area contributed by atoms with Gasteiger partial charge in [-0.25, -0.2) is 9.48 Å². The molecule has 5 nitrogen and oxygen atoms in total. The van der Waals surface area contributed by atoms with Gasteiger partial charge in [-0.05, 0) is 38.1 Å². The first-order valence-corrected chi connectivity index (χ1v) is 5.71. The van der Waals surface area contributed by atoms with E-state index < -0.39 is 0 Å². The summed E-state index contributed by atoms with van der Waals surface area (Å²) < 4.78 is 6.60. The number of benzene rings is 1. The van der Waals surface area contributed by atoms with Gasteiger partial charge in [0.1, 0.15) is 0 Å². The Morgan fingerprint density at radius 3 is 2.83 bits per heavy atom. The lowest BCUT2D eigenvalue weighted by atomic mass is 10.2. The van der Waals surface area contributed by atoms with Crippen molar-refractivity contribution < 1.29 is 9.53 Å². The highest BCUT2D eigenvalue weighted by Crippen LogP contribution is 2.19. The van der Waals surface area contributed by atoms with E-state index in [0.717, 1.165) is 5.69 Å². The predicted molar refractivity (Wildman–Crippen MR) is 68.7 cm³/mol. The lowest BCUT2D eigenvalue weighted by molar-refractivity contribution is 0.0526. The van der Waals surface area contributed by atoms with Crippen molar-refractivity contribution in [3.8, 4) is 5.69 Å². The van der Waals surface area contributed by atoms with Gasteiger partial charge in [-0.3, -0.25) is 0 Å². The molecule has 0 aliphatic heterocycles. The molecule has 94 valence electrons. The molecule has 0 atom stereocenters. The van der Waals surface area contributed by atoms with E-state index in [2.05, 4.69) is 5.10 Å². The maximum atomic E-state index is 11.7. The largest absolute Gasteiger partial charge is 0.462 e. The van der Waals surface area contributed by atoms with E-state index >= 15 is 0 Å². The van der Waals surface area contributed by atoms with Crippen LogP contribution in [0.4, 0.5) is 5.69 Å². The number of anilines is 1. The molecule has 0 bridgehead atoms. The smallest absolute Gasteiger partial charge is 0.338 e. The minimum absolute atomic E-state index is 0.347. The molecule has 5 heteroatoms. The molecular weight excluding hydrogens is 230 g/mol. The van der Waals surface area contributed by atoms with Crippen molar-refractivity contribution in [3.05, 3.63) is 41.7 Å². The Morgan fingerprint density at radius 1 is 1.44 bits per heavy atom. The van der Waals surface area contributed by atoms with Crippen LogP contribution in [0.3, 0.4) is 0 Å². The summed E-state index contributed by atoms with van der Waals surface area (Å²) in [7, 11) is 0. The Kier molecular flexibility index (Phi) is 3.32. The van der Waals surface area contributed by atoms with Gasteiger partial charge in [-0.2, -0.15) is 5.10 Å². The van der Waals surface area contributed by atoms with Gasteiger partial charge in [-0.15, -0.1) is 0 Å².